The van der Waals surface area contributed by atoms with Gasteiger partial charge in [0.15, 0.2) is 0 Å². The summed E-state index contributed by atoms with van der Waals surface area (Å²) in [5.41, 5.74) is 1.11. The number of rotatable bonds is 9. The van der Waals surface area contributed by atoms with E-state index in [1.165, 1.54) is 6.42 Å². The van der Waals surface area contributed by atoms with Crippen LogP contribution in [0, 0.1) is 0 Å². The largest absolute Gasteiger partial charge is 0.494 e. The number of ether oxygens (including phenoxy) is 1. The van der Waals surface area contributed by atoms with Gasteiger partial charge in [-0.1, -0.05) is 25.5 Å². The fourth-order valence-corrected chi connectivity index (χ4v) is 3.93. The van der Waals surface area contributed by atoms with E-state index in [2.05, 4.69) is 14.3 Å². The van der Waals surface area contributed by atoms with Crippen LogP contribution in [0.4, 0.5) is 0 Å². The maximum Gasteiger partial charge on any atom is 0.276 e. The molecule has 7 heteroatoms. The molecule has 0 spiro atoms. The Morgan fingerprint density at radius 3 is 2.33 bits per heavy atom. The van der Waals surface area contributed by atoms with Crippen molar-refractivity contribution in [3.8, 4) is 5.75 Å². The molecule has 24 heavy (non-hydrogen) atoms. The summed E-state index contributed by atoms with van der Waals surface area (Å²) in [6.45, 7) is 7.11. The summed E-state index contributed by atoms with van der Waals surface area (Å²) in [4.78, 5) is 2.37. The zero-order valence-electron chi connectivity index (χ0n) is 14.6. The van der Waals surface area contributed by atoms with Crippen molar-refractivity contribution in [2.75, 3.05) is 32.8 Å². The minimum atomic E-state index is -3.44. The smallest absolute Gasteiger partial charge is 0.276 e. The topological polar surface area (TPSA) is 70.7 Å². The summed E-state index contributed by atoms with van der Waals surface area (Å²) in [5.74, 6) is 0.840. The molecule has 1 aromatic rings. The van der Waals surface area contributed by atoms with Gasteiger partial charge in [0.25, 0.3) is 10.2 Å². The molecule has 0 bridgehead atoms. The van der Waals surface area contributed by atoms with Crippen LogP contribution in [0.5, 0.6) is 5.75 Å². The second kappa shape index (κ2) is 9.36. The van der Waals surface area contributed by atoms with Crippen LogP contribution >= 0.6 is 0 Å². The van der Waals surface area contributed by atoms with Gasteiger partial charge in [-0.05, 0) is 50.6 Å². The van der Waals surface area contributed by atoms with E-state index in [1.807, 2.05) is 31.2 Å². The van der Waals surface area contributed by atoms with E-state index in [0.717, 1.165) is 37.2 Å². The number of piperidine rings is 1. The van der Waals surface area contributed by atoms with Crippen molar-refractivity contribution in [2.24, 2.45) is 0 Å². The van der Waals surface area contributed by atoms with Gasteiger partial charge in [0.05, 0.1) is 6.61 Å². The zero-order chi connectivity index (χ0) is 17.4. The first-order valence-electron chi connectivity index (χ1n) is 8.76. The van der Waals surface area contributed by atoms with E-state index in [9.17, 15) is 8.42 Å². The third-order valence-electron chi connectivity index (χ3n) is 4.21. The number of likely N-dealkylation sites (tertiary alicyclic amines) is 1. The Bertz CT molecular complexity index is 584. The minimum absolute atomic E-state index is 0.0365. The van der Waals surface area contributed by atoms with Crippen LogP contribution in [0.2, 0.25) is 0 Å². The summed E-state index contributed by atoms with van der Waals surface area (Å²) >= 11 is 0. The highest BCUT2D eigenvalue weighted by atomic mass is 32.2. The second-order valence-electron chi connectivity index (χ2n) is 5.96. The Morgan fingerprint density at radius 1 is 1.08 bits per heavy atom. The van der Waals surface area contributed by atoms with Crippen LogP contribution in [-0.4, -0.2) is 46.1 Å². The molecule has 0 radical (unpaired) electrons. The van der Waals surface area contributed by atoms with Gasteiger partial charge >= 0.3 is 0 Å². The SMILES string of the molecule is CCNS(=O)(=O)NCC(c1ccc(OCC)cc1)N1CCCCC1. The molecular weight excluding hydrogens is 326 g/mol. The molecule has 1 heterocycles. The van der Waals surface area contributed by atoms with Crippen LogP contribution in [0.3, 0.4) is 0 Å². The van der Waals surface area contributed by atoms with Gasteiger partial charge in [0.1, 0.15) is 5.75 Å². The maximum atomic E-state index is 11.9. The lowest BCUT2D eigenvalue weighted by atomic mass is 10.0. The average molecular weight is 356 g/mol. The van der Waals surface area contributed by atoms with Crippen molar-refractivity contribution < 1.29 is 13.2 Å². The molecular formula is C17H29N3O3S. The zero-order valence-corrected chi connectivity index (χ0v) is 15.4. The third kappa shape index (κ3) is 5.73. The Kier molecular flexibility index (Phi) is 7.48. The van der Waals surface area contributed by atoms with Crippen molar-refractivity contribution in [3.05, 3.63) is 29.8 Å². The number of hydrogen-bond donors (Lipinski definition) is 2. The summed E-state index contributed by atoms with van der Waals surface area (Å²) < 4.78 is 34.5. The van der Waals surface area contributed by atoms with Gasteiger partial charge in [0, 0.05) is 19.1 Å². The molecule has 1 fully saturated rings. The Balaban J connectivity index is 2.12. The Morgan fingerprint density at radius 2 is 1.75 bits per heavy atom. The number of benzene rings is 1. The molecule has 0 aromatic heterocycles. The van der Waals surface area contributed by atoms with Gasteiger partial charge < -0.3 is 4.74 Å². The Hall–Kier alpha value is -1.15. The fraction of sp³-hybridized carbons (Fsp3) is 0.647. The molecule has 0 saturated carbocycles. The van der Waals surface area contributed by atoms with Crippen LogP contribution in [0.15, 0.2) is 24.3 Å². The van der Waals surface area contributed by atoms with Crippen molar-refractivity contribution >= 4 is 10.2 Å². The first kappa shape index (κ1) is 19.2. The van der Waals surface area contributed by atoms with E-state index >= 15 is 0 Å². The summed E-state index contributed by atoms with van der Waals surface area (Å²) in [5, 5.41) is 0. The summed E-state index contributed by atoms with van der Waals surface area (Å²) in [6.07, 6.45) is 3.57. The van der Waals surface area contributed by atoms with Gasteiger partial charge in [-0.15, -0.1) is 0 Å². The maximum absolute atomic E-state index is 11.9. The number of hydrogen-bond acceptors (Lipinski definition) is 4. The molecule has 1 aliphatic heterocycles. The van der Waals surface area contributed by atoms with E-state index in [1.54, 1.807) is 6.92 Å². The van der Waals surface area contributed by atoms with E-state index in [4.69, 9.17) is 4.74 Å². The van der Waals surface area contributed by atoms with Crippen LogP contribution in [0.1, 0.15) is 44.7 Å². The molecule has 6 nitrogen and oxygen atoms in total. The molecule has 1 aromatic carbocycles. The molecule has 1 atom stereocenters. The van der Waals surface area contributed by atoms with Crippen molar-refractivity contribution in [1.29, 1.82) is 0 Å². The number of nitrogens with zero attached hydrogens (tertiary/aromatic N) is 1. The van der Waals surface area contributed by atoms with Gasteiger partial charge in [0.2, 0.25) is 0 Å². The molecule has 1 aliphatic rings. The first-order valence-corrected chi connectivity index (χ1v) is 10.2. The molecule has 1 unspecified atom stereocenters. The predicted octanol–water partition coefficient (Wildman–Crippen LogP) is 2.06. The highest BCUT2D eigenvalue weighted by Crippen LogP contribution is 2.26. The van der Waals surface area contributed by atoms with Crippen molar-refractivity contribution in [2.45, 2.75) is 39.2 Å². The molecule has 2 N–H and O–H groups in total. The van der Waals surface area contributed by atoms with Crippen molar-refractivity contribution in [3.63, 3.8) is 0 Å². The van der Waals surface area contributed by atoms with Crippen LogP contribution in [-0.2, 0) is 10.2 Å². The van der Waals surface area contributed by atoms with Gasteiger partial charge in [-0.25, -0.2) is 9.44 Å². The van der Waals surface area contributed by atoms with Crippen LogP contribution in [0.25, 0.3) is 0 Å². The standard InChI is InChI=1S/C17H29N3O3S/c1-3-18-24(21,22)19-14-17(20-12-6-5-7-13-20)15-8-10-16(11-9-15)23-4-2/h8-11,17-19H,3-7,12-14H2,1-2H3. The first-order chi connectivity index (χ1) is 11.6. The second-order valence-corrected chi connectivity index (χ2v) is 7.55. The van der Waals surface area contributed by atoms with Crippen molar-refractivity contribution in [1.82, 2.24) is 14.3 Å². The van der Waals surface area contributed by atoms with Crippen LogP contribution < -0.4 is 14.2 Å². The molecule has 2 rings (SSSR count). The third-order valence-corrected chi connectivity index (χ3v) is 5.42. The normalized spacial score (nSPS) is 17.6. The summed E-state index contributed by atoms with van der Waals surface area (Å²) in [7, 11) is -3.44. The fourth-order valence-electron chi connectivity index (χ4n) is 3.07. The highest BCUT2D eigenvalue weighted by Gasteiger charge is 2.24. The quantitative estimate of drug-likeness (QED) is 0.711. The molecule has 0 amide bonds. The predicted molar refractivity (Wildman–Crippen MR) is 96.4 cm³/mol. The molecule has 0 aliphatic carbocycles. The average Bonchev–Trinajstić information content (AvgIpc) is 2.57. The summed E-state index contributed by atoms with van der Waals surface area (Å²) in [6, 6.07) is 8.01. The van der Waals surface area contributed by atoms with Gasteiger partial charge in [-0.3, -0.25) is 4.90 Å². The van der Waals surface area contributed by atoms with E-state index < -0.39 is 10.2 Å². The Labute approximate surface area is 145 Å². The molecule has 136 valence electrons. The lowest BCUT2D eigenvalue weighted by Gasteiger charge is -2.35. The monoisotopic (exact) mass is 355 g/mol. The highest BCUT2D eigenvalue weighted by molar-refractivity contribution is 7.87. The lowest BCUT2D eigenvalue weighted by molar-refractivity contribution is 0.164. The van der Waals surface area contributed by atoms with E-state index in [0.29, 0.717) is 19.7 Å². The lowest BCUT2D eigenvalue weighted by Crippen LogP contribution is -2.44. The van der Waals surface area contributed by atoms with E-state index in [-0.39, 0.29) is 6.04 Å². The number of nitrogens with one attached hydrogen (secondary N) is 2. The minimum Gasteiger partial charge on any atom is -0.494 e. The molecule has 1 saturated heterocycles. The van der Waals surface area contributed by atoms with Gasteiger partial charge in [-0.2, -0.15) is 8.42 Å².